The molecule has 4 nitrogen and oxygen atoms in total. The number of halogens is 1. The molecule has 0 saturated carbocycles. The SMILES string of the molecule is Clc1ccc(C2=Cc3cc4ccc(cc5nc(cc6ccc(cc2n3)[nH]6)C=C5)[nH]4)cc1.[Cu]. The molecule has 3 aromatic heterocycles. The van der Waals surface area contributed by atoms with Crippen LogP contribution in [0.2, 0.25) is 5.02 Å². The third-order valence-electron chi connectivity index (χ3n) is 5.32. The number of rotatable bonds is 1. The standard InChI is InChI=1S/C26H17ClN4.Cu/c27-17-3-1-16(2-4-17)25-14-24-13-22-8-7-20(29-22)11-18-5-6-19(28-18)12-21-9-10-23(30-21)15-26(25)31-24;/h1-15,29-30H;. The zero-order chi connectivity index (χ0) is 20.8. The van der Waals surface area contributed by atoms with Gasteiger partial charge in [0, 0.05) is 49.7 Å². The van der Waals surface area contributed by atoms with Gasteiger partial charge in [-0.3, -0.25) is 0 Å². The van der Waals surface area contributed by atoms with E-state index in [0.717, 1.165) is 61.0 Å². The molecule has 6 rings (SSSR count). The van der Waals surface area contributed by atoms with Crippen LogP contribution in [0.15, 0.2) is 72.8 Å². The fourth-order valence-electron chi connectivity index (χ4n) is 3.87. The first-order chi connectivity index (χ1) is 15.2. The van der Waals surface area contributed by atoms with E-state index in [0.29, 0.717) is 0 Å². The molecule has 1 radical (unpaired) electrons. The molecule has 0 unspecified atom stereocenters. The van der Waals surface area contributed by atoms with Crippen LogP contribution in [-0.4, -0.2) is 19.9 Å². The number of aromatic amines is 2. The number of aromatic nitrogens is 4. The van der Waals surface area contributed by atoms with Crippen LogP contribution in [-0.2, 0) is 17.1 Å². The Bertz CT molecular complexity index is 1540. The summed E-state index contributed by atoms with van der Waals surface area (Å²) in [6.07, 6.45) is 6.15. The van der Waals surface area contributed by atoms with Crippen LogP contribution in [0.5, 0.6) is 0 Å². The minimum Gasteiger partial charge on any atom is -0.355 e. The van der Waals surface area contributed by atoms with Gasteiger partial charge in [0.1, 0.15) is 0 Å². The fraction of sp³-hybridized carbons (Fsp3) is 0. The van der Waals surface area contributed by atoms with Gasteiger partial charge in [0.05, 0.1) is 22.8 Å². The van der Waals surface area contributed by atoms with Crippen molar-refractivity contribution in [3.63, 3.8) is 0 Å². The van der Waals surface area contributed by atoms with Gasteiger partial charge in [0.25, 0.3) is 0 Å². The minimum absolute atomic E-state index is 0. The zero-order valence-electron chi connectivity index (χ0n) is 16.7. The van der Waals surface area contributed by atoms with Gasteiger partial charge in [-0.25, -0.2) is 9.97 Å². The number of hydrogen-bond acceptors (Lipinski definition) is 2. The van der Waals surface area contributed by atoms with Crippen LogP contribution in [0.1, 0.15) is 28.3 Å². The molecule has 2 aliphatic rings. The van der Waals surface area contributed by atoms with Crippen molar-refractivity contribution >= 4 is 57.5 Å². The van der Waals surface area contributed by atoms with Crippen molar-refractivity contribution in [2.24, 2.45) is 0 Å². The van der Waals surface area contributed by atoms with Crippen molar-refractivity contribution in [2.75, 3.05) is 0 Å². The van der Waals surface area contributed by atoms with Gasteiger partial charge in [-0.15, -0.1) is 0 Å². The van der Waals surface area contributed by atoms with E-state index in [2.05, 4.69) is 57.4 Å². The van der Waals surface area contributed by atoms with E-state index in [1.54, 1.807) is 0 Å². The summed E-state index contributed by atoms with van der Waals surface area (Å²) in [4.78, 5) is 16.5. The Morgan fingerprint density at radius 3 is 1.72 bits per heavy atom. The molecule has 6 heteroatoms. The van der Waals surface area contributed by atoms with E-state index in [4.69, 9.17) is 16.6 Å². The Hall–Kier alpha value is -3.37. The molecule has 8 bridgehead atoms. The maximum absolute atomic E-state index is 6.10. The average Bonchev–Trinajstić information content (AvgIpc) is 3.54. The van der Waals surface area contributed by atoms with Crippen molar-refractivity contribution in [3.8, 4) is 0 Å². The van der Waals surface area contributed by atoms with Crippen molar-refractivity contribution in [1.29, 1.82) is 0 Å². The normalized spacial score (nSPS) is 12.3. The van der Waals surface area contributed by atoms with Gasteiger partial charge in [-0.1, -0.05) is 23.7 Å². The second-order valence-electron chi connectivity index (χ2n) is 7.60. The molecule has 0 fully saturated rings. The second-order valence-corrected chi connectivity index (χ2v) is 8.03. The summed E-state index contributed by atoms with van der Waals surface area (Å²) >= 11 is 6.10. The number of nitrogens with one attached hydrogen (secondary N) is 2. The van der Waals surface area contributed by atoms with E-state index in [1.807, 2.05) is 48.6 Å². The van der Waals surface area contributed by atoms with Crippen molar-refractivity contribution in [3.05, 3.63) is 106 Å². The van der Waals surface area contributed by atoms with Crippen LogP contribution in [0, 0.1) is 0 Å². The minimum atomic E-state index is 0. The summed E-state index contributed by atoms with van der Waals surface area (Å²) in [7, 11) is 0. The molecule has 0 atom stereocenters. The maximum Gasteiger partial charge on any atom is 0.0736 e. The molecule has 0 spiro atoms. The quantitative estimate of drug-likeness (QED) is 0.255. The van der Waals surface area contributed by atoms with Gasteiger partial charge < -0.3 is 9.97 Å². The number of nitrogens with zero attached hydrogens (tertiary/aromatic N) is 2. The van der Waals surface area contributed by atoms with Crippen LogP contribution in [0.3, 0.4) is 0 Å². The van der Waals surface area contributed by atoms with E-state index >= 15 is 0 Å². The molecule has 2 aliphatic heterocycles. The summed E-state index contributed by atoms with van der Waals surface area (Å²) in [6, 6.07) is 24.3. The first kappa shape index (κ1) is 20.5. The fourth-order valence-corrected chi connectivity index (χ4v) is 4.00. The van der Waals surface area contributed by atoms with E-state index in [-0.39, 0.29) is 17.1 Å². The van der Waals surface area contributed by atoms with Crippen molar-refractivity contribution in [1.82, 2.24) is 19.9 Å². The average molecular weight is 484 g/mol. The molecule has 4 aromatic rings. The predicted octanol–water partition coefficient (Wildman–Crippen LogP) is 6.73. The van der Waals surface area contributed by atoms with Crippen molar-refractivity contribution < 1.29 is 17.1 Å². The molecule has 0 aliphatic carbocycles. The number of hydrogen-bond donors (Lipinski definition) is 2. The van der Waals surface area contributed by atoms with E-state index in [1.165, 1.54) is 0 Å². The molecular formula is C26H17ClCuN4. The molecule has 159 valence electrons. The third kappa shape index (κ3) is 4.06. The largest absolute Gasteiger partial charge is 0.355 e. The summed E-state index contributed by atoms with van der Waals surface area (Å²) in [5.41, 5.74) is 9.75. The Balaban J connectivity index is 0.00000216. The maximum atomic E-state index is 6.10. The van der Waals surface area contributed by atoms with Crippen LogP contribution < -0.4 is 0 Å². The predicted molar refractivity (Wildman–Crippen MR) is 128 cm³/mol. The molecule has 32 heavy (non-hydrogen) atoms. The van der Waals surface area contributed by atoms with Crippen LogP contribution >= 0.6 is 11.6 Å². The van der Waals surface area contributed by atoms with E-state index < -0.39 is 0 Å². The summed E-state index contributed by atoms with van der Waals surface area (Å²) in [5, 5.41) is 0.718. The second kappa shape index (κ2) is 8.29. The molecule has 1 aromatic carbocycles. The zero-order valence-corrected chi connectivity index (χ0v) is 18.4. The molecule has 0 saturated heterocycles. The Morgan fingerprint density at radius 1 is 0.594 bits per heavy atom. The van der Waals surface area contributed by atoms with Crippen molar-refractivity contribution in [2.45, 2.75) is 0 Å². The number of H-pyrrole nitrogens is 2. The summed E-state index contributed by atoms with van der Waals surface area (Å²) in [5.74, 6) is 0. The molecule has 5 heterocycles. The summed E-state index contributed by atoms with van der Waals surface area (Å²) in [6.45, 7) is 0. The molecule has 2 N–H and O–H groups in total. The third-order valence-corrected chi connectivity index (χ3v) is 5.57. The topological polar surface area (TPSA) is 57.4 Å². The van der Waals surface area contributed by atoms with Crippen LogP contribution in [0.4, 0.5) is 0 Å². The Morgan fingerprint density at radius 2 is 1.12 bits per heavy atom. The Labute approximate surface area is 200 Å². The first-order valence-corrected chi connectivity index (χ1v) is 10.4. The van der Waals surface area contributed by atoms with Gasteiger partial charge in [-0.05, 0) is 84.5 Å². The Kier molecular flexibility index (Phi) is 5.31. The monoisotopic (exact) mass is 483 g/mol. The van der Waals surface area contributed by atoms with Gasteiger partial charge in [0.15, 0.2) is 0 Å². The number of benzene rings is 1. The smallest absolute Gasteiger partial charge is 0.0736 e. The van der Waals surface area contributed by atoms with Crippen LogP contribution in [0.25, 0.3) is 45.9 Å². The van der Waals surface area contributed by atoms with Gasteiger partial charge in [0.2, 0.25) is 0 Å². The van der Waals surface area contributed by atoms with Gasteiger partial charge >= 0.3 is 0 Å². The first-order valence-electron chi connectivity index (χ1n) is 10.0. The summed E-state index contributed by atoms with van der Waals surface area (Å²) < 4.78 is 0. The molecule has 0 amide bonds. The molecular weight excluding hydrogens is 467 g/mol. The van der Waals surface area contributed by atoms with Gasteiger partial charge in [-0.2, -0.15) is 0 Å². The van der Waals surface area contributed by atoms with E-state index in [9.17, 15) is 0 Å². The number of fused-ring (bicyclic) bond motifs is 8.